The number of hydrogen-bond acceptors (Lipinski definition) is 6. The van der Waals surface area contributed by atoms with Crippen molar-refractivity contribution in [1.29, 1.82) is 0 Å². The fourth-order valence-electron chi connectivity index (χ4n) is 2.34. The molecule has 0 spiro atoms. The van der Waals surface area contributed by atoms with Gasteiger partial charge in [-0.2, -0.15) is 20.5 Å². The Morgan fingerprint density at radius 1 is 0.630 bits per heavy atom. The molecule has 0 heterocycles. The van der Waals surface area contributed by atoms with Crippen LogP contribution in [0.1, 0.15) is 12.5 Å². The number of hydrogen-bond donors (Lipinski definition) is 2. The number of benzene rings is 3. The number of azo groups is 2. The third-order valence-corrected chi connectivity index (χ3v) is 3.78. The van der Waals surface area contributed by atoms with E-state index in [1.807, 2.05) is 72.8 Å². The third-order valence-electron chi connectivity index (χ3n) is 3.78. The second-order valence-electron chi connectivity index (χ2n) is 5.82. The van der Waals surface area contributed by atoms with Gasteiger partial charge in [-0.05, 0) is 73.2 Å². The lowest BCUT2D eigenvalue weighted by atomic mass is 10.2. The molecule has 0 aliphatic heterocycles. The van der Waals surface area contributed by atoms with Gasteiger partial charge in [0.05, 0.1) is 29.4 Å². The standard InChI is InChI=1S/C21H21N5O/c1-2-22-17-7-9-19(10-8-17)24-26-21-13-11-20(12-14-21)25-23-18-5-3-16(15-27)4-6-18/h3-14,22,27H,2,15H2,1H3. The van der Waals surface area contributed by atoms with E-state index in [2.05, 4.69) is 32.7 Å². The van der Waals surface area contributed by atoms with Crippen LogP contribution >= 0.6 is 0 Å². The fraction of sp³-hybridized carbons (Fsp3) is 0.143. The molecule has 3 aromatic rings. The molecule has 0 unspecified atom stereocenters. The van der Waals surface area contributed by atoms with Gasteiger partial charge in [-0.3, -0.25) is 0 Å². The molecule has 3 rings (SSSR count). The Kier molecular flexibility index (Phi) is 6.38. The van der Waals surface area contributed by atoms with Gasteiger partial charge >= 0.3 is 0 Å². The van der Waals surface area contributed by atoms with Gasteiger partial charge in [0.1, 0.15) is 0 Å². The van der Waals surface area contributed by atoms with Gasteiger partial charge in [0.15, 0.2) is 0 Å². The van der Waals surface area contributed by atoms with Crippen molar-refractivity contribution in [3.63, 3.8) is 0 Å². The van der Waals surface area contributed by atoms with Crippen LogP contribution in [0.25, 0.3) is 0 Å². The van der Waals surface area contributed by atoms with Crippen molar-refractivity contribution in [3.05, 3.63) is 78.4 Å². The van der Waals surface area contributed by atoms with E-state index in [1.165, 1.54) is 0 Å². The molecule has 0 aromatic heterocycles. The minimum atomic E-state index is 0.0210. The first kappa shape index (κ1) is 18.4. The molecule has 3 aromatic carbocycles. The number of nitrogens with one attached hydrogen (secondary N) is 1. The quantitative estimate of drug-likeness (QED) is 0.476. The van der Waals surface area contributed by atoms with Crippen LogP contribution in [0.15, 0.2) is 93.3 Å². The summed E-state index contributed by atoms with van der Waals surface area (Å²) in [6.45, 7) is 2.97. The summed E-state index contributed by atoms with van der Waals surface area (Å²) in [7, 11) is 0. The van der Waals surface area contributed by atoms with Crippen LogP contribution < -0.4 is 5.32 Å². The molecule has 0 saturated heterocycles. The van der Waals surface area contributed by atoms with Gasteiger partial charge in [-0.25, -0.2) is 0 Å². The smallest absolute Gasteiger partial charge is 0.0858 e. The SMILES string of the molecule is CCNc1ccc(N=Nc2ccc(N=Nc3ccc(CO)cc3)cc2)cc1. The second kappa shape index (κ2) is 9.35. The Morgan fingerprint density at radius 3 is 1.37 bits per heavy atom. The highest BCUT2D eigenvalue weighted by Gasteiger charge is 1.95. The maximum atomic E-state index is 9.04. The Morgan fingerprint density at radius 2 is 1.00 bits per heavy atom. The average Bonchev–Trinajstić information content (AvgIpc) is 2.73. The normalized spacial score (nSPS) is 11.3. The number of aliphatic hydroxyl groups excluding tert-OH is 1. The first-order valence-electron chi connectivity index (χ1n) is 8.74. The maximum absolute atomic E-state index is 9.04. The molecule has 2 N–H and O–H groups in total. The van der Waals surface area contributed by atoms with Crippen molar-refractivity contribution in [3.8, 4) is 0 Å². The summed E-state index contributed by atoms with van der Waals surface area (Å²) in [5, 5.41) is 29.1. The highest BCUT2D eigenvalue weighted by molar-refractivity contribution is 5.51. The summed E-state index contributed by atoms with van der Waals surface area (Å²) in [4.78, 5) is 0. The van der Waals surface area contributed by atoms with Gasteiger partial charge < -0.3 is 10.4 Å². The van der Waals surface area contributed by atoms with E-state index >= 15 is 0 Å². The number of nitrogens with zero attached hydrogens (tertiary/aromatic N) is 4. The van der Waals surface area contributed by atoms with E-state index in [9.17, 15) is 0 Å². The van der Waals surface area contributed by atoms with Crippen molar-refractivity contribution in [1.82, 2.24) is 0 Å². The van der Waals surface area contributed by atoms with Crippen molar-refractivity contribution in [2.45, 2.75) is 13.5 Å². The molecule has 0 saturated carbocycles. The zero-order valence-corrected chi connectivity index (χ0v) is 15.1. The molecule has 0 aliphatic carbocycles. The molecule has 136 valence electrons. The van der Waals surface area contributed by atoms with Crippen molar-refractivity contribution in [2.75, 3.05) is 11.9 Å². The number of rotatable bonds is 7. The van der Waals surface area contributed by atoms with Crippen LogP contribution in [0.3, 0.4) is 0 Å². The monoisotopic (exact) mass is 359 g/mol. The van der Waals surface area contributed by atoms with Gasteiger partial charge in [0, 0.05) is 12.2 Å². The van der Waals surface area contributed by atoms with Crippen molar-refractivity contribution >= 4 is 28.4 Å². The molecule has 6 heteroatoms. The summed E-state index contributed by atoms with van der Waals surface area (Å²) < 4.78 is 0. The van der Waals surface area contributed by atoms with E-state index in [4.69, 9.17) is 5.11 Å². The van der Waals surface area contributed by atoms with E-state index in [1.54, 1.807) is 0 Å². The lowest BCUT2D eigenvalue weighted by Gasteiger charge is -2.01. The predicted molar refractivity (Wildman–Crippen MR) is 108 cm³/mol. The van der Waals surface area contributed by atoms with Crippen LogP contribution in [0.5, 0.6) is 0 Å². The summed E-state index contributed by atoms with van der Waals surface area (Å²) in [6.07, 6.45) is 0. The van der Waals surface area contributed by atoms with Gasteiger partial charge in [0.25, 0.3) is 0 Å². The van der Waals surface area contributed by atoms with E-state index < -0.39 is 0 Å². The molecule has 0 radical (unpaired) electrons. The first-order valence-corrected chi connectivity index (χ1v) is 8.74. The Balaban J connectivity index is 1.61. The van der Waals surface area contributed by atoms with E-state index in [-0.39, 0.29) is 6.61 Å². The van der Waals surface area contributed by atoms with Gasteiger partial charge in [-0.15, -0.1) is 0 Å². The summed E-state index contributed by atoms with van der Waals surface area (Å²) >= 11 is 0. The fourth-order valence-corrected chi connectivity index (χ4v) is 2.34. The molecule has 27 heavy (non-hydrogen) atoms. The van der Waals surface area contributed by atoms with Crippen molar-refractivity contribution in [2.24, 2.45) is 20.5 Å². The minimum absolute atomic E-state index is 0.0210. The lowest BCUT2D eigenvalue weighted by molar-refractivity contribution is 0.282. The number of anilines is 1. The van der Waals surface area contributed by atoms with Gasteiger partial charge in [0.2, 0.25) is 0 Å². The highest BCUT2D eigenvalue weighted by atomic mass is 16.3. The van der Waals surface area contributed by atoms with Crippen LogP contribution in [0.4, 0.5) is 28.4 Å². The molecular formula is C21H21N5O. The maximum Gasteiger partial charge on any atom is 0.0858 e. The molecule has 6 nitrogen and oxygen atoms in total. The largest absolute Gasteiger partial charge is 0.392 e. The van der Waals surface area contributed by atoms with E-state index in [0.29, 0.717) is 0 Å². The molecule has 0 aliphatic rings. The molecule has 0 fully saturated rings. The average molecular weight is 359 g/mol. The summed E-state index contributed by atoms with van der Waals surface area (Å²) in [5.41, 5.74) is 4.92. The van der Waals surface area contributed by atoms with E-state index in [0.717, 1.165) is 40.5 Å². The van der Waals surface area contributed by atoms with Crippen LogP contribution in [-0.4, -0.2) is 11.7 Å². The Labute approximate surface area is 158 Å². The van der Waals surface area contributed by atoms with Gasteiger partial charge in [-0.1, -0.05) is 12.1 Å². The molecule has 0 amide bonds. The van der Waals surface area contributed by atoms with Crippen LogP contribution in [-0.2, 0) is 6.61 Å². The lowest BCUT2D eigenvalue weighted by Crippen LogP contribution is -1.94. The van der Waals surface area contributed by atoms with Crippen molar-refractivity contribution < 1.29 is 5.11 Å². The topological polar surface area (TPSA) is 81.7 Å². The summed E-state index contributed by atoms with van der Waals surface area (Å²) in [6, 6.07) is 22.5. The first-order chi connectivity index (χ1) is 13.3. The third kappa shape index (κ3) is 5.55. The second-order valence-corrected chi connectivity index (χ2v) is 5.82. The zero-order chi connectivity index (χ0) is 18.9. The van der Waals surface area contributed by atoms with Crippen LogP contribution in [0.2, 0.25) is 0 Å². The molecular weight excluding hydrogens is 338 g/mol. The Hall–Kier alpha value is -3.38. The highest BCUT2D eigenvalue weighted by Crippen LogP contribution is 2.24. The molecule has 0 bridgehead atoms. The zero-order valence-electron chi connectivity index (χ0n) is 15.1. The number of aliphatic hydroxyl groups is 1. The Bertz CT molecular complexity index is 901. The minimum Gasteiger partial charge on any atom is -0.392 e. The molecule has 0 atom stereocenters. The summed E-state index contributed by atoms with van der Waals surface area (Å²) in [5.74, 6) is 0. The van der Waals surface area contributed by atoms with Crippen LogP contribution in [0, 0.1) is 0 Å². The predicted octanol–water partition coefficient (Wildman–Crippen LogP) is 6.44.